The Morgan fingerprint density at radius 2 is 1.07 bits per heavy atom. The van der Waals surface area contributed by atoms with Gasteiger partial charge >= 0.3 is 6.03 Å². The second kappa shape index (κ2) is 33.1. The van der Waals surface area contributed by atoms with Crippen LogP contribution in [0.25, 0.3) is 0 Å². The average molecular weight is 1220 g/mol. The Bertz CT molecular complexity index is 2550. The van der Waals surface area contributed by atoms with Crippen LogP contribution in [-0.4, -0.2) is 144 Å². The van der Waals surface area contributed by atoms with Gasteiger partial charge in [0, 0.05) is 105 Å². The van der Waals surface area contributed by atoms with E-state index in [0.29, 0.717) is 125 Å². The quantitative estimate of drug-likeness (QED) is 0.0628. The summed E-state index contributed by atoms with van der Waals surface area (Å²) in [4.78, 5) is 29.2. The van der Waals surface area contributed by atoms with Crippen LogP contribution < -0.4 is 40.2 Å². The highest BCUT2D eigenvalue weighted by molar-refractivity contribution is 7.91. The number of sulfonamides is 1. The zero-order valence-electron chi connectivity index (χ0n) is 42.9. The number of Topliss-reactive ketones (excluding diaryl/α,β-unsaturated/α-hetero) is 1. The first kappa shape index (κ1) is 65.7. The first-order valence-electron chi connectivity index (χ1n) is 25.1. The molecule has 0 saturated heterocycles. The van der Waals surface area contributed by atoms with Gasteiger partial charge in [0.05, 0.1) is 55.2 Å². The van der Waals surface area contributed by atoms with E-state index in [9.17, 15) is 26.4 Å². The smallest absolute Gasteiger partial charge is 0.314 e. The monoisotopic (exact) mass is 1210 g/mol. The number of urea groups is 1. The molecule has 0 saturated carbocycles. The number of sulfone groups is 1. The minimum atomic E-state index is -3.78. The van der Waals surface area contributed by atoms with Crippen LogP contribution in [0.15, 0.2) is 82.6 Å². The van der Waals surface area contributed by atoms with Gasteiger partial charge in [0.25, 0.3) is 0 Å². The van der Waals surface area contributed by atoms with Crippen molar-refractivity contribution in [1.82, 2.24) is 25.2 Å². The third-order valence-corrected chi connectivity index (χ3v) is 17.2. The molecule has 76 heavy (non-hydrogen) atoms. The molecule has 0 unspecified atom stereocenters. The number of ether oxygens (including phenoxy) is 4. The number of rotatable bonds is 31. The molecule has 2 atom stereocenters. The van der Waals surface area contributed by atoms with E-state index in [1.165, 1.54) is 0 Å². The number of hydrogen-bond donors (Lipinski definition) is 3. The van der Waals surface area contributed by atoms with Crippen LogP contribution in [-0.2, 0) is 56.7 Å². The number of fused-ring (bicyclic) bond motifs is 2. The van der Waals surface area contributed by atoms with Crippen LogP contribution in [0.4, 0.5) is 4.79 Å². The summed E-state index contributed by atoms with van der Waals surface area (Å²) in [6.45, 7) is 6.10. The maximum atomic E-state index is 13.2. The fraction of sp³-hybridized carbons (Fsp3) is 0.509. The largest absolute Gasteiger partial charge is 1.00 e. The zero-order valence-corrected chi connectivity index (χ0v) is 49.1. The van der Waals surface area contributed by atoms with Crippen molar-refractivity contribution in [2.24, 2.45) is 0 Å². The van der Waals surface area contributed by atoms with Crippen LogP contribution in [0.2, 0.25) is 20.1 Å². The Kier molecular flexibility index (Phi) is 28.6. The molecule has 0 fully saturated rings. The molecular weight excluding hydrogens is 1140 g/mol. The lowest BCUT2D eigenvalue weighted by Gasteiger charge is -2.33. The Hall–Kier alpha value is -2.82. The minimum absolute atomic E-state index is 0. The summed E-state index contributed by atoms with van der Waals surface area (Å²) < 4.78 is 77.7. The van der Waals surface area contributed by atoms with E-state index in [-0.39, 0.29) is 85.2 Å². The van der Waals surface area contributed by atoms with E-state index >= 15 is 0 Å². The van der Waals surface area contributed by atoms with Gasteiger partial charge < -0.3 is 64.2 Å². The van der Waals surface area contributed by atoms with Crippen molar-refractivity contribution in [3.05, 3.63) is 126 Å². The molecule has 4 aromatic rings. The maximum Gasteiger partial charge on any atom is 0.314 e. The molecule has 0 aliphatic carbocycles. The first-order chi connectivity index (χ1) is 35.5. The van der Waals surface area contributed by atoms with E-state index in [2.05, 4.69) is 25.2 Å². The lowest BCUT2D eigenvalue weighted by molar-refractivity contribution is -0.119. The molecule has 0 aromatic heterocycles. The number of carbonyl (C=O) groups excluding carboxylic acids is 2. The van der Waals surface area contributed by atoms with Gasteiger partial charge in [-0.05, 0) is 122 Å². The van der Waals surface area contributed by atoms with Crippen molar-refractivity contribution >= 4 is 78.1 Å². The molecular formula is C53H71Cl6N5O10S2-2. The van der Waals surface area contributed by atoms with E-state index in [0.717, 1.165) is 52.6 Å². The van der Waals surface area contributed by atoms with E-state index in [4.69, 9.17) is 65.4 Å². The number of amides is 2. The lowest BCUT2D eigenvalue weighted by Crippen LogP contribution is -3.00. The summed E-state index contributed by atoms with van der Waals surface area (Å²) in [6, 6.07) is 21.1. The molecule has 3 N–H and O–H groups in total. The molecule has 0 spiro atoms. The fourth-order valence-corrected chi connectivity index (χ4v) is 12.7. The molecule has 0 radical (unpaired) electrons. The van der Waals surface area contributed by atoms with Crippen molar-refractivity contribution in [2.75, 3.05) is 105 Å². The minimum Gasteiger partial charge on any atom is -1.00 e. The number of likely N-dealkylation sites (N-methyl/N-ethyl adjacent to an activating group) is 2. The predicted molar refractivity (Wildman–Crippen MR) is 294 cm³/mol. The van der Waals surface area contributed by atoms with Crippen molar-refractivity contribution < 1.29 is 71.6 Å². The van der Waals surface area contributed by atoms with E-state index in [1.807, 2.05) is 38.4 Å². The molecule has 2 heterocycles. The summed E-state index contributed by atoms with van der Waals surface area (Å²) in [5.41, 5.74) is 5.78. The molecule has 2 aliphatic heterocycles. The number of carbonyl (C=O) groups is 2. The molecule has 6 rings (SSSR count). The van der Waals surface area contributed by atoms with Crippen molar-refractivity contribution in [3.8, 4) is 0 Å². The molecule has 4 aromatic carbocycles. The van der Waals surface area contributed by atoms with Crippen molar-refractivity contribution in [1.29, 1.82) is 0 Å². The molecule has 2 aliphatic rings. The van der Waals surface area contributed by atoms with Gasteiger partial charge in [-0.15, -0.1) is 0 Å². The normalized spacial score (nSPS) is 15.8. The van der Waals surface area contributed by atoms with Gasteiger partial charge in [-0.1, -0.05) is 77.1 Å². The second-order valence-corrected chi connectivity index (χ2v) is 24.3. The Labute approximate surface area is 483 Å². The number of nitrogens with one attached hydrogen (secondary N) is 3. The Morgan fingerprint density at radius 1 is 0.579 bits per heavy atom. The van der Waals surface area contributed by atoms with Gasteiger partial charge in [0.15, 0.2) is 9.84 Å². The summed E-state index contributed by atoms with van der Waals surface area (Å²) >= 11 is 25.7. The summed E-state index contributed by atoms with van der Waals surface area (Å²) in [6.07, 6.45) is 4.13. The standard InChI is InChI=1S/C53H69Cl4N5O10S2.2ClH.H2/c1-61-34-47(45-30-40(54)32-51(56)49(45)36-61)38-10-6-14-43(28-38)73(65,66)27-9-20-70-24-25-71-21-17-59-53(64)58-16-5-3-4-12-42(63)13-8-19-69-23-26-72-22-18-60-74(67,68)44-15-7-11-39(29-44)48-35-62(2)37-50-46(48)31-41(55)33-52(50)57;;;/h6-7,10-11,14-15,28-33,47-48,60H,3-5,8-9,12-13,16-27,34-37H2,1-2H3,(H2,58,59,64);3*1H/p-2/t47-,48-;;;/m0.../s1. The number of hydrogen-bond acceptors (Lipinski definition) is 12. The fourth-order valence-electron chi connectivity index (χ4n) is 9.15. The van der Waals surface area contributed by atoms with Gasteiger partial charge in [-0.25, -0.2) is 26.4 Å². The Balaban J connectivity index is 0.00000520. The molecule has 23 heteroatoms. The first-order valence-corrected chi connectivity index (χ1v) is 29.7. The third kappa shape index (κ3) is 20.7. The molecule has 0 bridgehead atoms. The molecule has 15 nitrogen and oxygen atoms in total. The van der Waals surface area contributed by atoms with Gasteiger partial charge in [-0.3, -0.25) is 4.79 Å². The second-order valence-electron chi connectivity index (χ2n) is 18.7. The summed E-state index contributed by atoms with van der Waals surface area (Å²) in [5.74, 6) is -0.0300. The van der Waals surface area contributed by atoms with E-state index < -0.39 is 19.9 Å². The number of halogens is 6. The summed E-state index contributed by atoms with van der Waals surface area (Å²) in [5, 5.41) is 7.87. The predicted octanol–water partition coefficient (Wildman–Crippen LogP) is 3.13. The average Bonchev–Trinajstić information content (AvgIpc) is 3.36. The number of benzene rings is 4. The molecule has 2 amide bonds. The molecule has 424 valence electrons. The maximum absolute atomic E-state index is 13.2. The zero-order chi connectivity index (χ0) is 53.1. The Morgan fingerprint density at radius 3 is 1.64 bits per heavy atom. The third-order valence-electron chi connectivity index (χ3n) is 12.9. The summed E-state index contributed by atoms with van der Waals surface area (Å²) in [7, 11) is -3.30. The number of nitrogens with zero attached hydrogens (tertiary/aromatic N) is 2. The van der Waals surface area contributed by atoms with Crippen molar-refractivity contribution in [3.63, 3.8) is 0 Å². The van der Waals surface area contributed by atoms with Gasteiger partial charge in [0.2, 0.25) is 10.0 Å². The lowest BCUT2D eigenvalue weighted by atomic mass is 9.85. The van der Waals surface area contributed by atoms with Crippen LogP contribution in [0.5, 0.6) is 0 Å². The topological polar surface area (TPSA) is 182 Å². The number of unbranched alkanes of at least 4 members (excludes halogenated alkanes) is 2. The number of ketones is 1. The highest BCUT2D eigenvalue weighted by atomic mass is 35.5. The van der Waals surface area contributed by atoms with Gasteiger partial charge in [-0.2, -0.15) is 0 Å². The highest BCUT2D eigenvalue weighted by Gasteiger charge is 2.30. The van der Waals surface area contributed by atoms with Crippen LogP contribution in [0, 0.1) is 0 Å². The van der Waals surface area contributed by atoms with Crippen LogP contribution in [0.1, 0.15) is 91.6 Å². The SMILES string of the molecule is CN1Cc2c(Cl)cc(Cl)cc2[C@H](c2cccc(S(=O)(=O)CCCOCCOCCNC(=O)NCCCCCC(=O)CCCOCCOCCNS(=O)(=O)c3cccc([C@@H]4CN(C)Cc5c(Cl)cc(Cl)cc54)c3)c2)C1.[Cl-].[Cl-].[HH]. The van der Waals surface area contributed by atoms with Crippen molar-refractivity contribution in [2.45, 2.75) is 79.7 Å². The van der Waals surface area contributed by atoms with Crippen LogP contribution >= 0.6 is 46.4 Å². The van der Waals surface area contributed by atoms with Crippen LogP contribution in [0.3, 0.4) is 0 Å². The van der Waals surface area contributed by atoms with E-state index in [1.54, 1.807) is 48.5 Å². The highest BCUT2D eigenvalue weighted by Crippen LogP contribution is 2.40. The van der Waals surface area contributed by atoms with Gasteiger partial charge in [0.1, 0.15) is 5.78 Å².